The summed E-state index contributed by atoms with van der Waals surface area (Å²) in [6.07, 6.45) is 1.47. The van der Waals surface area contributed by atoms with Gasteiger partial charge in [-0.25, -0.2) is 9.79 Å². The van der Waals surface area contributed by atoms with Gasteiger partial charge in [-0.05, 0) is 60.5 Å². The third-order valence-corrected chi connectivity index (χ3v) is 5.39. The zero-order chi connectivity index (χ0) is 26.5. The first kappa shape index (κ1) is 25.3. The Bertz CT molecular complexity index is 1430. The SMILES string of the molecule is CCOc1cc(/C=C2\N=C(c3ccc([N+](=O)[O-])cc3)OC2=O)cc(Cl)c1OCc1ccc([N+](=O)[O-])cc1. The molecule has 0 atom stereocenters. The first-order valence-electron chi connectivity index (χ1n) is 10.8. The van der Waals surface area contributed by atoms with Gasteiger partial charge in [0.25, 0.3) is 11.4 Å². The maximum Gasteiger partial charge on any atom is 0.363 e. The molecule has 0 amide bonds. The number of hydrogen-bond acceptors (Lipinski definition) is 9. The van der Waals surface area contributed by atoms with E-state index in [-0.39, 0.29) is 40.3 Å². The van der Waals surface area contributed by atoms with Crippen LogP contribution < -0.4 is 9.47 Å². The topological polar surface area (TPSA) is 143 Å². The van der Waals surface area contributed by atoms with Crippen molar-refractivity contribution in [3.8, 4) is 11.5 Å². The van der Waals surface area contributed by atoms with E-state index in [0.717, 1.165) is 0 Å². The molecule has 0 saturated carbocycles. The van der Waals surface area contributed by atoms with E-state index in [4.69, 9.17) is 25.8 Å². The minimum Gasteiger partial charge on any atom is -0.490 e. The fourth-order valence-electron chi connectivity index (χ4n) is 3.36. The van der Waals surface area contributed by atoms with Crippen LogP contribution in [0.1, 0.15) is 23.6 Å². The molecule has 3 aromatic rings. The molecule has 3 aromatic carbocycles. The summed E-state index contributed by atoms with van der Waals surface area (Å²) in [5, 5.41) is 21.9. The third-order valence-electron chi connectivity index (χ3n) is 5.11. The van der Waals surface area contributed by atoms with Crippen molar-refractivity contribution >= 4 is 40.9 Å². The Hall–Kier alpha value is -4.77. The van der Waals surface area contributed by atoms with Gasteiger partial charge >= 0.3 is 5.97 Å². The molecule has 188 valence electrons. The third kappa shape index (κ3) is 5.90. The molecular formula is C25H18ClN3O8. The van der Waals surface area contributed by atoms with Crippen molar-refractivity contribution in [2.24, 2.45) is 4.99 Å². The fourth-order valence-corrected chi connectivity index (χ4v) is 3.63. The number of nitro groups is 2. The lowest BCUT2D eigenvalue weighted by Crippen LogP contribution is -2.05. The van der Waals surface area contributed by atoms with Crippen LogP contribution in [-0.2, 0) is 16.1 Å². The second kappa shape index (κ2) is 10.9. The number of carbonyl (C=O) groups is 1. The minimum atomic E-state index is -0.694. The summed E-state index contributed by atoms with van der Waals surface area (Å²) < 4.78 is 16.7. The van der Waals surface area contributed by atoms with E-state index in [0.29, 0.717) is 29.0 Å². The number of nitro benzene ring substituents is 2. The van der Waals surface area contributed by atoms with Crippen molar-refractivity contribution in [1.29, 1.82) is 0 Å². The Kier molecular flexibility index (Phi) is 7.44. The number of ether oxygens (including phenoxy) is 3. The van der Waals surface area contributed by atoms with Gasteiger partial charge in [0, 0.05) is 29.8 Å². The van der Waals surface area contributed by atoms with Gasteiger partial charge in [0.1, 0.15) is 6.61 Å². The average Bonchev–Trinajstić information content (AvgIpc) is 3.24. The lowest BCUT2D eigenvalue weighted by atomic mass is 10.1. The van der Waals surface area contributed by atoms with Crippen LogP contribution in [0.2, 0.25) is 5.02 Å². The van der Waals surface area contributed by atoms with Gasteiger partial charge in [-0.1, -0.05) is 11.6 Å². The summed E-state index contributed by atoms with van der Waals surface area (Å²) in [6.45, 7) is 2.19. The number of nitrogens with zero attached hydrogens (tertiary/aromatic N) is 3. The van der Waals surface area contributed by atoms with Gasteiger partial charge in [-0.3, -0.25) is 20.2 Å². The summed E-state index contributed by atoms with van der Waals surface area (Å²) >= 11 is 6.46. The van der Waals surface area contributed by atoms with Crippen molar-refractivity contribution in [3.63, 3.8) is 0 Å². The van der Waals surface area contributed by atoms with Crippen molar-refractivity contribution < 1.29 is 28.9 Å². The Morgan fingerprint density at radius 2 is 1.59 bits per heavy atom. The maximum atomic E-state index is 12.4. The van der Waals surface area contributed by atoms with Crippen LogP contribution in [0, 0.1) is 20.2 Å². The number of halogens is 1. The highest BCUT2D eigenvalue weighted by Gasteiger charge is 2.25. The molecule has 12 heteroatoms. The summed E-state index contributed by atoms with van der Waals surface area (Å²) in [4.78, 5) is 37.2. The molecule has 4 rings (SSSR count). The van der Waals surface area contributed by atoms with Gasteiger partial charge in [-0.2, -0.15) is 0 Å². The van der Waals surface area contributed by atoms with Crippen molar-refractivity contribution in [2.45, 2.75) is 13.5 Å². The molecule has 0 spiro atoms. The van der Waals surface area contributed by atoms with E-state index in [1.165, 1.54) is 42.5 Å². The highest BCUT2D eigenvalue weighted by atomic mass is 35.5. The van der Waals surface area contributed by atoms with Crippen LogP contribution in [0.15, 0.2) is 71.4 Å². The molecule has 0 N–H and O–H groups in total. The summed E-state index contributed by atoms with van der Waals surface area (Å²) in [7, 11) is 0. The number of rotatable bonds is 9. The molecule has 0 radical (unpaired) electrons. The van der Waals surface area contributed by atoms with Gasteiger partial charge in [0.15, 0.2) is 17.2 Å². The van der Waals surface area contributed by atoms with E-state index >= 15 is 0 Å². The molecule has 1 aliphatic rings. The molecule has 0 fully saturated rings. The number of hydrogen-bond donors (Lipinski definition) is 0. The number of carbonyl (C=O) groups excluding carboxylic acids is 1. The van der Waals surface area contributed by atoms with Gasteiger partial charge in [-0.15, -0.1) is 0 Å². The molecular weight excluding hydrogens is 506 g/mol. The number of esters is 1. The molecule has 0 aliphatic carbocycles. The van der Waals surface area contributed by atoms with E-state index in [1.807, 2.05) is 0 Å². The van der Waals surface area contributed by atoms with Crippen molar-refractivity contribution in [1.82, 2.24) is 0 Å². The lowest BCUT2D eigenvalue weighted by Gasteiger charge is -2.14. The number of aliphatic imine (C=N–C) groups is 1. The zero-order valence-corrected chi connectivity index (χ0v) is 20.0. The molecule has 0 saturated heterocycles. The fraction of sp³-hybridized carbons (Fsp3) is 0.120. The Balaban J connectivity index is 1.57. The number of benzene rings is 3. The molecule has 1 heterocycles. The van der Waals surface area contributed by atoms with Crippen LogP contribution in [0.3, 0.4) is 0 Å². The predicted molar refractivity (Wildman–Crippen MR) is 134 cm³/mol. The first-order chi connectivity index (χ1) is 17.7. The molecule has 37 heavy (non-hydrogen) atoms. The van der Waals surface area contributed by atoms with Gasteiger partial charge < -0.3 is 14.2 Å². The van der Waals surface area contributed by atoms with E-state index in [9.17, 15) is 25.0 Å². The summed E-state index contributed by atoms with van der Waals surface area (Å²) in [5.41, 5.74) is 1.48. The first-order valence-corrected chi connectivity index (χ1v) is 11.2. The minimum absolute atomic E-state index is 0.00594. The standard InChI is InChI=1S/C25H18ClN3O8/c1-2-35-22-13-16(11-20(26)23(22)36-14-15-3-7-18(8-4-15)28(31)32)12-21-25(30)37-24(27-21)17-5-9-19(10-6-17)29(33)34/h3-13H,2,14H2,1H3/b21-12-. The Morgan fingerprint density at radius 1 is 0.973 bits per heavy atom. The average molecular weight is 524 g/mol. The Labute approximate surface area is 214 Å². The normalized spacial score (nSPS) is 13.7. The van der Waals surface area contributed by atoms with E-state index < -0.39 is 15.8 Å². The smallest absolute Gasteiger partial charge is 0.363 e. The van der Waals surface area contributed by atoms with Crippen LogP contribution in [0.5, 0.6) is 11.5 Å². The molecule has 11 nitrogen and oxygen atoms in total. The van der Waals surface area contributed by atoms with Crippen LogP contribution in [-0.4, -0.2) is 28.3 Å². The molecule has 0 aromatic heterocycles. The number of non-ortho nitro benzene ring substituents is 2. The zero-order valence-electron chi connectivity index (χ0n) is 19.3. The van der Waals surface area contributed by atoms with Crippen LogP contribution in [0.25, 0.3) is 6.08 Å². The second-order valence-electron chi connectivity index (χ2n) is 7.62. The summed E-state index contributed by atoms with van der Waals surface area (Å²) in [6, 6.07) is 14.6. The van der Waals surface area contributed by atoms with Crippen LogP contribution in [0.4, 0.5) is 11.4 Å². The monoisotopic (exact) mass is 523 g/mol. The van der Waals surface area contributed by atoms with Crippen molar-refractivity contribution in [2.75, 3.05) is 6.61 Å². The van der Waals surface area contributed by atoms with Crippen molar-refractivity contribution in [3.05, 3.63) is 108 Å². The second-order valence-corrected chi connectivity index (χ2v) is 8.02. The number of cyclic esters (lactones) is 1. The highest BCUT2D eigenvalue weighted by Crippen LogP contribution is 2.38. The summed E-state index contributed by atoms with van der Waals surface area (Å²) in [5.74, 6) is -0.0750. The van der Waals surface area contributed by atoms with E-state index in [1.54, 1.807) is 31.2 Å². The highest BCUT2D eigenvalue weighted by molar-refractivity contribution is 6.32. The Morgan fingerprint density at radius 3 is 2.19 bits per heavy atom. The molecule has 0 bridgehead atoms. The molecule has 0 unspecified atom stereocenters. The largest absolute Gasteiger partial charge is 0.490 e. The van der Waals surface area contributed by atoms with Gasteiger partial charge in [0.05, 0.1) is 21.5 Å². The van der Waals surface area contributed by atoms with Crippen LogP contribution >= 0.6 is 11.6 Å². The van der Waals surface area contributed by atoms with Gasteiger partial charge in [0.2, 0.25) is 5.90 Å². The van der Waals surface area contributed by atoms with E-state index in [2.05, 4.69) is 4.99 Å². The maximum absolute atomic E-state index is 12.4. The lowest BCUT2D eigenvalue weighted by molar-refractivity contribution is -0.385. The predicted octanol–water partition coefficient (Wildman–Crippen LogP) is 5.48. The molecule has 1 aliphatic heterocycles. The quantitative estimate of drug-likeness (QED) is 0.155.